The maximum absolute atomic E-state index is 11.0. The van der Waals surface area contributed by atoms with E-state index >= 15 is 0 Å². The molecule has 4 heteroatoms. The number of nitrogens with zero attached hydrogens (tertiary/aromatic N) is 1. The Hall–Kier alpha value is -2.17. The normalized spacial score (nSPS) is 12.3. The van der Waals surface area contributed by atoms with Crippen molar-refractivity contribution in [1.29, 1.82) is 0 Å². The lowest BCUT2D eigenvalue weighted by Gasteiger charge is -2.24. The fourth-order valence-corrected chi connectivity index (χ4v) is 2.22. The van der Waals surface area contributed by atoms with E-state index in [0.29, 0.717) is 19.6 Å². The summed E-state index contributed by atoms with van der Waals surface area (Å²) in [6.07, 6.45) is 0. The first-order valence-corrected chi connectivity index (χ1v) is 6.94. The second-order valence-corrected chi connectivity index (χ2v) is 5.09. The zero-order valence-corrected chi connectivity index (χ0v) is 11.9. The number of carboxylic acid groups (broad SMARTS) is 1. The molecule has 3 N–H and O–H groups in total. The molecule has 0 aliphatic rings. The van der Waals surface area contributed by atoms with Gasteiger partial charge >= 0.3 is 5.97 Å². The van der Waals surface area contributed by atoms with E-state index in [1.807, 2.05) is 60.7 Å². The maximum atomic E-state index is 11.0. The highest BCUT2D eigenvalue weighted by Crippen LogP contribution is 2.10. The van der Waals surface area contributed by atoms with Crippen LogP contribution in [0.15, 0.2) is 60.7 Å². The molecule has 2 aromatic carbocycles. The van der Waals surface area contributed by atoms with Crippen LogP contribution in [0.1, 0.15) is 11.1 Å². The molecule has 0 saturated heterocycles. The number of carboxylic acids is 1. The van der Waals surface area contributed by atoms with Crippen LogP contribution in [-0.4, -0.2) is 28.6 Å². The minimum Gasteiger partial charge on any atom is -0.480 e. The van der Waals surface area contributed by atoms with Crippen molar-refractivity contribution in [2.75, 3.05) is 6.54 Å². The average molecular weight is 284 g/mol. The van der Waals surface area contributed by atoms with Crippen LogP contribution in [0.4, 0.5) is 0 Å². The Morgan fingerprint density at radius 1 is 0.952 bits per heavy atom. The predicted octanol–water partition coefficient (Wildman–Crippen LogP) is 2.10. The quantitative estimate of drug-likeness (QED) is 0.817. The van der Waals surface area contributed by atoms with Gasteiger partial charge in [0.25, 0.3) is 0 Å². The minimum absolute atomic E-state index is 0.319. The van der Waals surface area contributed by atoms with Gasteiger partial charge in [0, 0.05) is 19.6 Å². The first-order chi connectivity index (χ1) is 10.1. The molecule has 0 heterocycles. The molecule has 0 amide bonds. The molecule has 0 aromatic heterocycles. The molecular weight excluding hydrogens is 264 g/mol. The summed E-state index contributed by atoms with van der Waals surface area (Å²) in [6.45, 7) is 1.67. The second-order valence-electron chi connectivity index (χ2n) is 5.09. The Morgan fingerprint density at radius 3 is 1.76 bits per heavy atom. The maximum Gasteiger partial charge on any atom is 0.321 e. The monoisotopic (exact) mass is 284 g/mol. The smallest absolute Gasteiger partial charge is 0.321 e. The largest absolute Gasteiger partial charge is 0.480 e. The molecule has 1 atom stereocenters. The van der Waals surface area contributed by atoms with Crippen molar-refractivity contribution in [2.24, 2.45) is 5.73 Å². The summed E-state index contributed by atoms with van der Waals surface area (Å²) >= 11 is 0. The van der Waals surface area contributed by atoms with E-state index in [4.69, 9.17) is 10.8 Å². The lowest BCUT2D eigenvalue weighted by molar-refractivity contribution is -0.139. The van der Waals surface area contributed by atoms with Crippen LogP contribution in [0.2, 0.25) is 0 Å². The number of carbonyl (C=O) groups is 1. The Morgan fingerprint density at radius 2 is 1.38 bits per heavy atom. The van der Waals surface area contributed by atoms with Crippen molar-refractivity contribution in [1.82, 2.24) is 4.90 Å². The van der Waals surface area contributed by atoms with Crippen molar-refractivity contribution < 1.29 is 9.90 Å². The molecule has 0 aliphatic heterocycles. The number of hydrogen-bond acceptors (Lipinski definition) is 3. The zero-order chi connectivity index (χ0) is 15.1. The fraction of sp³-hybridized carbons (Fsp3) is 0.235. The van der Waals surface area contributed by atoms with E-state index in [0.717, 1.165) is 11.1 Å². The molecule has 0 fully saturated rings. The van der Waals surface area contributed by atoms with E-state index in [2.05, 4.69) is 4.90 Å². The number of aliphatic carboxylic acids is 1. The summed E-state index contributed by atoms with van der Waals surface area (Å²) in [6, 6.07) is 19.1. The SMILES string of the molecule is NC(CN(Cc1ccccc1)Cc1ccccc1)C(=O)O. The Bertz CT molecular complexity index is 516. The highest BCUT2D eigenvalue weighted by molar-refractivity contribution is 5.73. The fourth-order valence-electron chi connectivity index (χ4n) is 2.22. The van der Waals surface area contributed by atoms with Gasteiger partial charge in [0.1, 0.15) is 6.04 Å². The molecule has 2 rings (SSSR count). The molecule has 0 saturated carbocycles. The molecule has 1 unspecified atom stereocenters. The Balaban J connectivity index is 2.08. The van der Waals surface area contributed by atoms with Gasteiger partial charge in [-0.1, -0.05) is 60.7 Å². The second kappa shape index (κ2) is 7.57. The summed E-state index contributed by atoms with van der Waals surface area (Å²) in [7, 11) is 0. The summed E-state index contributed by atoms with van der Waals surface area (Å²) in [4.78, 5) is 13.0. The van der Waals surface area contributed by atoms with Crippen molar-refractivity contribution in [3.63, 3.8) is 0 Å². The molecule has 0 bridgehead atoms. The van der Waals surface area contributed by atoms with E-state index < -0.39 is 12.0 Å². The first kappa shape index (κ1) is 15.2. The molecule has 0 aliphatic carbocycles. The average Bonchev–Trinajstić information content (AvgIpc) is 2.49. The Kier molecular flexibility index (Phi) is 5.49. The van der Waals surface area contributed by atoms with Gasteiger partial charge in [-0.2, -0.15) is 0 Å². The zero-order valence-electron chi connectivity index (χ0n) is 11.9. The number of hydrogen-bond donors (Lipinski definition) is 2. The van der Waals surface area contributed by atoms with Crippen LogP contribution in [0.5, 0.6) is 0 Å². The third kappa shape index (κ3) is 5.02. The molecule has 0 radical (unpaired) electrons. The van der Waals surface area contributed by atoms with Crippen LogP contribution in [0.25, 0.3) is 0 Å². The van der Waals surface area contributed by atoms with Crippen molar-refractivity contribution in [3.8, 4) is 0 Å². The van der Waals surface area contributed by atoms with Crippen LogP contribution < -0.4 is 5.73 Å². The van der Waals surface area contributed by atoms with E-state index in [9.17, 15) is 4.79 Å². The van der Waals surface area contributed by atoms with Gasteiger partial charge in [-0.3, -0.25) is 9.69 Å². The molecule has 2 aromatic rings. The number of nitrogens with two attached hydrogens (primary N) is 1. The summed E-state index contributed by atoms with van der Waals surface area (Å²) < 4.78 is 0. The summed E-state index contributed by atoms with van der Waals surface area (Å²) in [5.74, 6) is -0.971. The lowest BCUT2D eigenvalue weighted by Crippen LogP contribution is -2.42. The third-order valence-corrected chi connectivity index (χ3v) is 3.27. The van der Waals surface area contributed by atoms with Crippen molar-refractivity contribution in [3.05, 3.63) is 71.8 Å². The van der Waals surface area contributed by atoms with Crippen molar-refractivity contribution >= 4 is 5.97 Å². The van der Waals surface area contributed by atoms with Gasteiger partial charge in [0.15, 0.2) is 0 Å². The molecular formula is C17H20N2O2. The van der Waals surface area contributed by atoms with E-state index in [1.54, 1.807) is 0 Å². The van der Waals surface area contributed by atoms with E-state index in [-0.39, 0.29) is 0 Å². The standard InChI is InChI=1S/C17H20N2O2/c18-16(17(20)21)13-19(11-14-7-3-1-4-8-14)12-15-9-5-2-6-10-15/h1-10,16H,11-13,18H2,(H,20,21). The van der Waals surface area contributed by atoms with Crippen LogP contribution in [0.3, 0.4) is 0 Å². The van der Waals surface area contributed by atoms with Crippen LogP contribution in [0, 0.1) is 0 Å². The topological polar surface area (TPSA) is 66.6 Å². The number of rotatable bonds is 7. The highest BCUT2D eigenvalue weighted by atomic mass is 16.4. The Labute approximate surface area is 124 Å². The van der Waals surface area contributed by atoms with Gasteiger partial charge in [0.05, 0.1) is 0 Å². The number of benzene rings is 2. The molecule has 4 nitrogen and oxygen atoms in total. The van der Waals surface area contributed by atoms with Crippen molar-refractivity contribution in [2.45, 2.75) is 19.1 Å². The third-order valence-electron chi connectivity index (χ3n) is 3.27. The van der Waals surface area contributed by atoms with Gasteiger partial charge in [-0.15, -0.1) is 0 Å². The van der Waals surface area contributed by atoms with E-state index in [1.165, 1.54) is 0 Å². The highest BCUT2D eigenvalue weighted by Gasteiger charge is 2.17. The van der Waals surface area contributed by atoms with Gasteiger partial charge in [0.2, 0.25) is 0 Å². The predicted molar refractivity (Wildman–Crippen MR) is 82.6 cm³/mol. The molecule has 0 spiro atoms. The van der Waals surface area contributed by atoms with Gasteiger partial charge in [-0.25, -0.2) is 0 Å². The van der Waals surface area contributed by atoms with Gasteiger partial charge in [-0.05, 0) is 11.1 Å². The van der Waals surface area contributed by atoms with Crippen LogP contribution >= 0.6 is 0 Å². The summed E-state index contributed by atoms with van der Waals surface area (Å²) in [5, 5.41) is 9.01. The van der Waals surface area contributed by atoms with Crippen LogP contribution in [-0.2, 0) is 17.9 Å². The molecule has 110 valence electrons. The summed E-state index contributed by atoms with van der Waals surface area (Å²) in [5.41, 5.74) is 7.97. The minimum atomic E-state index is -0.971. The molecule has 21 heavy (non-hydrogen) atoms. The lowest BCUT2D eigenvalue weighted by atomic mass is 10.1. The van der Waals surface area contributed by atoms with Gasteiger partial charge < -0.3 is 10.8 Å². The first-order valence-electron chi connectivity index (χ1n) is 6.94.